The average Bonchev–Trinajstić information content (AvgIpc) is 2.45. The van der Waals surface area contributed by atoms with Crippen LogP contribution in [0.3, 0.4) is 0 Å². The number of ether oxygens (including phenoxy) is 1. The SMILES string of the molecule is Cc1cc(F)cc(C(O)c2ccc3c(c2)CCCO3)c1. The number of rotatable bonds is 2. The third-order valence-corrected chi connectivity index (χ3v) is 3.63. The second-order valence-electron chi connectivity index (χ2n) is 5.28. The van der Waals surface area contributed by atoms with Crippen LogP contribution in [-0.4, -0.2) is 11.7 Å². The number of hydrogen-bond acceptors (Lipinski definition) is 2. The van der Waals surface area contributed by atoms with Crippen LogP contribution in [0.5, 0.6) is 5.75 Å². The molecule has 1 unspecified atom stereocenters. The van der Waals surface area contributed by atoms with Crippen LogP contribution in [0.4, 0.5) is 4.39 Å². The Bertz CT molecular complexity index is 617. The lowest BCUT2D eigenvalue weighted by Gasteiger charge is -2.20. The minimum absolute atomic E-state index is 0.319. The predicted molar refractivity (Wildman–Crippen MR) is 75.5 cm³/mol. The molecule has 0 spiro atoms. The standard InChI is InChI=1S/C17H17FO2/c1-11-7-14(10-15(18)8-11)17(19)13-4-5-16-12(9-13)3-2-6-20-16/h4-5,7-10,17,19H,2-3,6H2,1H3. The van der Waals surface area contributed by atoms with E-state index in [-0.39, 0.29) is 5.82 Å². The first-order valence-electron chi connectivity index (χ1n) is 6.84. The molecule has 2 aromatic carbocycles. The molecule has 1 atom stereocenters. The maximum Gasteiger partial charge on any atom is 0.123 e. The summed E-state index contributed by atoms with van der Waals surface area (Å²) >= 11 is 0. The molecule has 20 heavy (non-hydrogen) atoms. The summed E-state index contributed by atoms with van der Waals surface area (Å²) in [6, 6.07) is 10.3. The number of fused-ring (bicyclic) bond motifs is 1. The van der Waals surface area contributed by atoms with Crippen LogP contribution in [0.2, 0.25) is 0 Å². The van der Waals surface area contributed by atoms with E-state index in [0.29, 0.717) is 5.56 Å². The van der Waals surface area contributed by atoms with Crippen molar-refractivity contribution in [3.63, 3.8) is 0 Å². The Hall–Kier alpha value is -1.87. The molecule has 104 valence electrons. The fraction of sp³-hybridized carbons (Fsp3) is 0.294. The number of hydrogen-bond donors (Lipinski definition) is 1. The topological polar surface area (TPSA) is 29.5 Å². The minimum Gasteiger partial charge on any atom is -0.493 e. The molecule has 1 heterocycles. The predicted octanol–water partition coefficient (Wildman–Crippen LogP) is 3.54. The van der Waals surface area contributed by atoms with Gasteiger partial charge in [-0.15, -0.1) is 0 Å². The molecule has 3 heteroatoms. The van der Waals surface area contributed by atoms with Gasteiger partial charge in [-0.2, -0.15) is 0 Å². The van der Waals surface area contributed by atoms with E-state index in [4.69, 9.17) is 4.74 Å². The van der Waals surface area contributed by atoms with E-state index in [1.165, 1.54) is 12.1 Å². The molecule has 0 amide bonds. The lowest BCUT2D eigenvalue weighted by molar-refractivity contribution is 0.219. The number of benzene rings is 2. The van der Waals surface area contributed by atoms with Crippen LogP contribution in [0.1, 0.15) is 34.8 Å². The van der Waals surface area contributed by atoms with E-state index in [2.05, 4.69) is 0 Å². The lowest BCUT2D eigenvalue weighted by atomic mass is 9.96. The highest BCUT2D eigenvalue weighted by molar-refractivity contribution is 5.42. The molecule has 0 aromatic heterocycles. The van der Waals surface area contributed by atoms with Gasteiger partial charge in [0.1, 0.15) is 17.7 Å². The van der Waals surface area contributed by atoms with E-state index in [1.54, 1.807) is 0 Å². The zero-order valence-electron chi connectivity index (χ0n) is 11.4. The molecule has 2 aromatic rings. The highest BCUT2D eigenvalue weighted by atomic mass is 19.1. The molecular formula is C17H17FO2. The number of aliphatic hydroxyl groups is 1. The Morgan fingerprint density at radius 3 is 2.80 bits per heavy atom. The second-order valence-corrected chi connectivity index (χ2v) is 5.28. The third-order valence-electron chi connectivity index (χ3n) is 3.63. The van der Waals surface area contributed by atoms with Crippen LogP contribution < -0.4 is 4.74 Å². The van der Waals surface area contributed by atoms with E-state index >= 15 is 0 Å². The molecule has 2 nitrogen and oxygen atoms in total. The fourth-order valence-electron chi connectivity index (χ4n) is 2.67. The van der Waals surface area contributed by atoms with Gasteiger partial charge in [0.15, 0.2) is 0 Å². The minimum atomic E-state index is -0.809. The van der Waals surface area contributed by atoms with Crippen LogP contribution in [0.15, 0.2) is 36.4 Å². The molecule has 1 aliphatic rings. The first kappa shape index (κ1) is 13.1. The van der Waals surface area contributed by atoms with Gasteiger partial charge in [0.05, 0.1) is 6.61 Å². The van der Waals surface area contributed by atoms with Gasteiger partial charge < -0.3 is 9.84 Å². The van der Waals surface area contributed by atoms with Crippen LogP contribution in [-0.2, 0) is 6.42 Å². The molecule has 0 fully saturated rings. The van der Waals surface area contributed by atoms with E-state index in [1.807, 2.05) is 31.2 Å². The van der Waals surface area contributed by atoms with Gasteiger partial charge in [-0.05, 0) is 66.3 Å². The van der Waals surface area contributed by atoms with Crippen molar-refractivity contribution in [1.29, 1.82) is 0 Å². The summed E-state index contributed by atoms with van der Waals surface area (Å²) in [5, 5.41) is 10.4. The van der Waals surface area contributed by atoms with Crippen LogP contribution in [0, 0.1) is 12.7 Å². The summed E-state index contributed by atoms with van der Waals surface area (Å²) in [5.41, 5.74) is 3.28. The maximum atomic E-state index is 13.4. The van der Waals surface area contributed by atoms with Gasteiger partial charge >= 0.3 is 0 Å². The van der Waals surface area contributed by atoms with Gasteiger partial charge in [-0.1, -0.05) is 12.1 Å². The fourth-order valence-corrected chi connectivity index (χ4v) is 2.67. The number of halogens is 1. The summed E-state index contributed by atoms with van der Waals surface area (Å²) in [6.45, 7) is 2.57. The smallest absolute Gasteiger partial charge is 0.123 e. The Morgan fingerprint density at radius 2 is 2.00 bits per heavy atom. The molecule has 0 saturated heterocycles. The summed E-state index contributed by atoms with van der Waals surface area (Å²) in [6.07, 6.45) is 1.14. The summed E-state index contributed by atoms with van der Waals surface area (Å²) in [7, 11) is 0. The molecule has 1 aliphatic heterocycles. The average molecular weight is 272 g/mol. The van der Waals surface area contributed by atoms with Crippen LogP contribution >= 0.6 is 0 Å². The number of aryl methyl sites for hydroxylation is 2. The van der Waals surface area contributed by atoms with Crippen molar-refractivity contribution in [2.45, 2.75) is 25.9 Å². The molecule has 1 N–H and O–H groups in total. The van der Waals surface area contributed by atoms with Crippen molar-refractivity contribution in [2.24, 2.45) is 0 Å². The van der Waals surface area contributed by atoms with Crippen molar-refractivity contribution in [1.82, 2.24) is 0 Å². The molecule has 0 aliphatic carbocycles. The van der Waals surface area contributed by atoms with Crippen LogP contribution in [0.25, 0.3) is 0 Å². The second kappa shape index (κ2) is 5.25. The summed E-state index contributed by atoms with van der Waals surface area (Å²) in [5.74, 6) is 0.572. The van der Waals surface area contributed by atoms with Crippen molar-refractivity contribution in [3.8, 4) is 5.75 Å². The zero-order valence-corrected chi connectivity index (χ0v) is 11.4. The third kappa shape index (κ3) is 2.54. The highest BCUT2D eigenvalue weighted by Crippen LogP contribution is 2.30. The zero-order chi connectivity index (χ0) is 14.1. The maximum absolute atomic E-state index is 13.4. The van der Waals surface area contributed by atoms with Crippen molar-refractivity contribution < 1.29 is 14.2 Å². The van der Waals surface area contributed by atoms with Gasteiger partial charge in [0, 0.05) is 0 Å². The first-order valence-corrected chi connectivity index (χ1v) is 6.84. The Labute approximate surface area is 117 Å². The lowest BCUT2D eigenvalue weighted by Crippen LogP contribution is -2.09. The first-order chi connectivity index (χ1) is 9.63. The monoisotopic (exact) mass is 272 g/mol. The van der Waals surface area contributed by atoms with E-state index in [9.17, 15) is 9.50 Å². The highest BCUT2D eigenvalue weighted by Gasteiger charge is 2.16. The summed E-state index contributed by atoms with van der Waals surface area (Å²) in [4.78, 5) is 0. The Kier molecular flexibility index (Phi) is 3.45. The number of aliphatic hydroxyl groups excluding tert-OH is 1. The van der Waals surface area contributed by atoms with Crippen molar-refractivity contribution >= 4 is 0 Å². The van der Waals surface area contributed by atoms with Crippen molar-refractivity contribution in [3.05, 3.63) is 64.5 Å². The molecule has 0 bridgehead atoms. The molecule has 3 rings (SSSR count). The molecular weight excluding hydrogens is 255 g/mol. The summed E-state index contributed by atoms with van der Waals surface area (Å²) < 4.78 is 19.0. The van der Waals surface area contributed by atoms with Gasteiger partial charge in [-0.25, -0.2) is 4.39 Å². The van der Waals surface area contributed by atoms with Gasteiger partial charge in [0.2, 0.25) is 0 Å². The van der Waals surface area contributed by atoms with Gasteiger partial charge in [0.25, 0.3) is 0 Å². The molecule has 0 radical (unpaired) electrons. The van der Waals surface area contributed by atoms with E-state index in [0.717, 1.165) is 41.9 Å². The van der Waals surface area contributed by atoms with E-state index < -0.39 is 6.10 Å². The quantitative estimate of drug-likeness (QED) is 0.906. The molecule has 0 saturated carbocycles. The Morgan fingerprint density at radius 1 is 1.15 bits per heavy atom. The largest absolute Gasteiger partial charge is 0.493 e. The van der Waals surface area contributed by atoms with Crippen molar-refractivity contribution in [2.75, 3.05) is 6.61 Å². The Balaban J connectivity index is 1.95. The normalized spacial score (nSPS) is 15.3. The van der Waals surface area contributed by atoms with Gasteiger partial charge in [-0.3, -0.25) is 0 Å².